The molecule has 0 radical (unpaired) electrons. The van der Waals surface area contributed by atoms with Crippen molar-refractivity contribution in [3.63, 3.8) is 0 Å². The van der Waals surface area contributed by atoms with Crippen LogP contribution in [0.2, 0.25) is 0 Å². The first kappa shape index (κ1) is 26.3. The molecule has 39 heavy (non-hydrogen) atoms. The van der Waals surface area contributed by atoms with E-state index in [-0.39, 0.29) is 23.8 Å². The van der Waals surface area contributed by atoms with Crippen LogP contribution in [0.4, 0.5) is 13.2 Å². The number of aromatic nitrogens is 1. The monoisotopic (exact) mass is 526 g/mol. The Morgan fingerprint density at radius 3 is 1.97 bits per heavy atom. The summed E-state index contributed by atoms with van der Waals surface area (Å²) in [5.41, 5.74) is 3.15. The third kappa shape index (κ3) is 6.06. The number of aromatic amines is 1. The SMILES string of the molecule is O=C(CC(c1ccccc1C(F)(F)F)c1c[nH]c2ccccc12)NCCC(c1ccccc1)c1ccccc1. The van der Waals surface area contributed by atoms with Crippen molar-refractivity contribution in [3.05, 3.63) is 143 Å². The first-order valence-electron chi connectivity index (χ1n) is 13.0. The quantitative estimate of drug-likeness (QED) is 0.201. The van der Waals surface area contributed by atoms with Gasteiger partial charge in [0.2, 0.25) is 5.91 Å². The van der Waals surface area contributed by atoms with Gasteiger partial charge in [0, 0.05) is 41.9 Å². The van der Waals surface area contributed by atoms with E-state index < -0.39 is 17.7 Å². The van der Waals surface area contributed by atoms with Crippen LogP contribution >= 0.6 is 0 Å². The van der Waals surface area contributed by atoms with E-state index in [0.29, 0.717) is 18.5 Å². The smallest absolute Gasteiger partial charge is 0.361 e. The summed E-state index contributed by atoms with van der Waals surface area (Å²) >= 11 is 0. The lowest BCUT2D eigenvalue weighted by molar-refractivity contribution is -0.138. The Labute approximate surface area is 225 Å². The number of hydrogen-bond donors (Lipinski definition) is 2. The number of fused-ring (bicyclic) bond motifs is 1. The molecule has 0 bridgehead atoms. The van der Waals surface area contributed by atoms with Gasteiger partial charge in [0.15, 0.2) is 0 Å². The molecule has 0 spiro atoms. The van der Waals surface area contributed by atoms with Gasteiger partial charge in [-0.1, -0.05) is 97.1 Å². The number of halogens is 3. The van der Waals surface area contributed by atoms with Crippen LogP contribution in [0.3, 0.4) is 0 Å². The lowest BCUT2D eigenvalue weighted by Gasteiger charge is -2.22. The molecule has 3 nitrogen and oxygen atoms in total. The van der Waals surface area contributed by atoms with Crippen LogP contribution in [0.25, 0.3) is 10.9 Å². The number of carbonyl (C=O) groups is 1. The summed E-state index contributed by atoms with van der Waals surface area (Å²) in [4.78, 5) is 16.4. The van der Waals surface area contributed by atoms with Crippen LogP contribution in [0.5, 0.6) is 0 Å². The molecule has 6 heteroatoms. The second kappa shape index (κ2) is 11.6. The topological polar surface area (TPSA) is 44.9 Å². The fourth-order valence-electron chi connectivity index (χ4n) is 5.34. The number of para-hydroxylation sites is 1. The molecule has 198 valence electrons. The van der Waals surface area contributed by atoms with Crippen LogP contribution in [-0.2, 0) is 11.0 Å². The molecule has 0 aliphatic heterocycles. The van der Waals surface area contributed by atoms with Crippen LogP contribution < -0.4 is 5.32 Å². The number of alkyl halides is 3. The number of nitrogens with one attached hydrogen (secondary N) is 2. The van der Waals surface area contributed by atoms with Crippen molar-refractivity contribution in [2.75, 3.05) is 6.54 Å². The molecule has 0 aliphatic carbocycles. The van der Waals surface area contributed by atoms with E-state index in [1.807, 2.05) is 60.7 Å². The zero-order chi connectivity index (χ0) is 27.2. The molecule has 1 aromatic heterocycles. The number of carbonyl (C=O) groups excluding carboxylic acids is 1. The van der Waals surface area contributed by atoms with Gasteiger partial charge in [0.25, 0.3) is 0 Å². The molecule has 1 atom stereocenters. The van der Waals surface area contributed by atoms with E-state index >= 15 is 0 Å². The molecule has 1 heterocycles. The van der Waals surface area contributed by atoms with E-state index in [0.717, 1.165) is 28.1 Å². The molecule has 2 N–H and O–H groups in total. The largest absolute Gasteiger partial charge is 0.416 e. The van der Waals surface area contributed by atoms with Crippen molar-refractivity contribution >= 4 is 16.8 Å². The third-order valence-corrected chi connectivity index (χ3v) is 7.19. The minimum Gasteiger partial charge on any atom is -0.361 e. The molecule has 0 saturated heterocycles. The van der Waals surface area contributed by atoms with Gasteiger partial charge in [0.1, 0.15) is 0 Å². The van der Waals surface area contributed by atoms with Gasteiger partial charge in [-0.15, -0.1) is 0 Å². The lowest BCUT2D eigenvalue weighted by atomic mass is 9.85. The zero-order valence-corrected chi connectivity index (χ0v) is 21.3. The summed E-state index contributed by atoms with van der Waals surface area (Å²) in [6.45, 7) is 0.398. The van der Waals surface area contributed by atoms with Gasteiger partial charge in [-0.3, -0.25) is 4.79 Å². The van der Waals surface area contributed by atoms with Crippen LogP contribution in [-0.4, -0.2) is 17.4 Å². The molecule has 0 aliphatic rings. The fraction of sp³-hybridized carbons (Fsp3) is 0.182. The molecule has 5 aromatic rings. The Hall–Kier alpha value is -4.32. The van der Waals surface area contributed by atoms with Crippen LogP contribution in [0.1, 0.15) is 52.5 Å². The van der Waals surface area contributed by atoms with Gasteiger partial charge >= 0.3 is 6.18 Å². The third-order valence-electron chi connectivity index (χ3n) is 7.19. The number of benzene rings is 4. The Kier molecular flexibility index (Phi) is 7.82. The van der Waals surface area contributed by atoms with E-state index in [1.54, 1.807) is 12.3 Å². The first-order valence-corrected chi connectivity index (χ1v) is 13.0. The molecule has 0 saturated carbocycles. The van der Waals surface area contributed by atoms with Crippen molar-refractivity contribution in [2.24, 2.45) is 0 Å². The van der Waals surface area contributed by atoms with Gasteiger partial charge in [0.05, 0.1) is 5.56 Å². The normalized spacial score (nSPS) is 12.5. The maximum Gasteiger partial charge on any atom is 0.416 e. The first-order chi connectivity index (χ1) is 18.9. The molecular weight excluding hydrogens is 497 g/mol. The second-order valence-electron chi connectivity index (χ2n) is 9.64. The highest BCUT2D eigenvalue weighted by atomic mass is 19.4. The predicted molar refractivity (Wildman–Crippen MR) is 149 cm³/mol. The van der Waals surface area contributed by atoms with Gasteiger partial charge in [-0.05, 0) is 40.8 Å². The number of amides is 1. The molecular formula is C33H29F3N2O. The van der Waals surface area contributed by atoms with E-state index in [2.05, 4.69) is 34.6 Å². The minimum absolute atomic E-state index is 0.0862. The molecule has 4 aromatic carbocycles. The Bertz CT molecular complexity index is 1490. The van der Waals surface area contributed by atoms with E-state index in [1.165, 1.54) is 12.1 Å². The Morgan fingerprint density at radius 2 is 1.31 bits per heavy atom. The van der Waals surface area contributed by atoms with Crippen molar-refractivity contribution in [1.29, 1.82) is 0 Å². The fourth-order valence-corrected chi connectivity index (χ4v) is 5.34. The molecule has 0 fully saturated rings. The maximum atomic E-state index is 14.0. The van der Waals surface area contributed by atoms with Crippen molar-refractivity contribution in [2.45, 2.75) is 30.9 Å². The highest BCUT2D eigenvalue weighted by molar-refractivity contribution is 5.86. The molecule has 1 amide bonds. The van der Waals surface area contributed by atoms with Gasteiger partial charge in [-0.2, -0.15) is 13.2 Å². The molecule has 5 rings (SSSR count). The summed E-state index contributed by atoms with van der Waals surface area (Å²) in [7, 11) is 0. The minimum atomic E-state index is -4.53. The van der Waals surface area contributed by atoms with Crippen molar-refractivity contribution < 1.29 is 18.0 Å². The summed E-state index contributed by atoms with van der Waals surface area (Å²) in [6, 6.07) is 33.2. The second-order valence-corrected chi connectivity index (χ2v) is 9.64. The van der Waals surface area contributed by atoms with Crippen molar-refractivity contribution in [1.82, 2.24) is 10.3 Å². The highest BCUT2D eigenvalue weighted by Gasteiger charge is 2.36. The van der Waals surface area contributed by atoms with Crippen molar-refractivity contribution in [3.8, 4) is 0 Å². The Balaban J connectivity index is 1.38. The van der Waals surface area contributed by atoms with E-state index in [9.17, 15) is 18.0 Å². The average molecular weight is 527 g/mol. The van der Waals surface area contributed by atoms with Crippen LogP contribution in [0.15, 0.2) is 115 Å². The molecule has 1 unspecified atom stereocenters. The average Bonchev–Trinajstić information content (AvgIpc) is 3.38. The van der Waals surface area contributed by atoms with E-state index in [4.69, 9.17) is 0 Å². The van der Waals surface area contributed by atoms with Crippen LogP contribution in [0, 0.1) is 0 Å². The zero-order valence-electron chi connectivity index (χ0n) is 21.3. The summed E-state index contributed by atoms with van der Waals surface area (Å²) in [5.74, 6) is -0.969. The predicted octanol–water partition coefficient (Wildman–Crippen LogP) is 8.05. The van der Waals surface area contributed by atoms with Gasteiger partial charge in [-0.25, -0.2) is 0 Å². The standard InChI is InChI=1S/C33H29F3N2O/c34-33(35,36)30-17-9-7-15-26(30)28(29-22-38-31-18-10-8-16-27(29)31)21-32(39)37-20-19-25(23-11-3-1-4-12-23)24-13-5-2-6-14-24/h1-18,22,25,28,38H,19-21H2,(H,37,39). The maximum absolute atomic E-state index is 14.0. The lowest BCUT2D eigenvalue weighted by Crippen LogP contribution is -2.28. The number of rotatable bonds is 9. The highest BCUT2D eigenvalue weighted by Crippen LogP contribution is 2.40. The summed E-state index contributed by atoms with van der Waals surface area (Å²) in [6.07, 6.45) is -2.25. The number of H-pyrrole nitrogens is 1. The number of hydrogen-bond acceptors (Lipinski definition) is 1. The Morgan fingerprint density at radius 1 is 0.718 bits per heavy atom. The van der Waals surface area contributed by atoms with Gasteiger partial charge < -0.3 is 10.3 Å². The summed E-state index contributed by atoms with van der Waals surface area (Å²) in [5, 5.41) is 3.80. The summed E-state index contributed by atoms with van der Waals surface area (Å²) < 4.78 is 42.0.